The second kappa shape index (κ2) is 6.19. The monoisotopic (exact) mass is 365 g/mol. The maximum atomic E-state index is 12.8. The third-order valence-electron chi connectivity index (χ3n) is 2.51. The summed E-state index contributed by atoms with van der Waals surface area (Å²) < 4.78 is 38.6. The van der Waals surface area contributed by atoms with Gasteiger partial charge in [0.1, 0.15) is 10.0 Å². The van der Waals surface area contributed by atoms with Crippen LogP contribution in [0.4, 0.5) is 13.2 Å². The van der Waals surface area contributed by atoms with Crippen LogP contribution in [0.15, 0.2) is 22.7 Å². The van der Waals surface area contributed by atoms with E-state index in [4.69, 9.17) is 0 Å². The summed E-state index contributed by atoms with van der Waals surface area (Å²) in [5, 5.41) is 12.2. The van der Waals surface area contributed by atoms with E-state index in [0.29, 0.717) is 17.1 Å². The Bertz CT molecular complexity index is 598. The Labute approximate surface area is 126 Å². The molecule has 1 aromatic carbocycles. The second-order valence-corrected chi connectivity index (χ2v) is 5.89. The average Bonchev–Trinajstić information content (AvgIpc) is 2.84. The van der Waals surface area contributed by atoms with Gasteiger partial charge in [-0.25, -0.2) is 0 Å². The van der Waals surface area contributed by atoms with Crippen molar-refractivity contribution in [3.05, 3.63) is 33.2 Å². The lowest BCUT2D eigenvalue weighted by molar-refractivity contribution is -0.138. The van der Waals surface area contributed by atoms with Crippen molar-refractivity contribution in [1.82, 2.24) is 15.5 Å². The summed E-state index contributed by atoms with van der Waals surface area (Å²) in [6.07, 6.45) is -4.40. The quantitative estimate of drug-likeness (QED) is 0.886. The van der Waals surface area contributed by atoms with Crippen LogP contribution in [0.25, 0.3) is 10.6 Å². The normalized spacial score (nSPS) is 11.8. The number of benzene rings is 1. The van der Waals surface area contributed by atoms with Gasteiger partial charge < -0.3 is 5.32 Å². The summed E-state index contributed by atoms with van der Waals surface area (Å²) in [4.78, 5) is 0. The minimum Gasteiger partial charge on any atom is -0.311 e. The third kappa shape index (κ3) is 3.56. The molecule has 2 aromatic rings. The first-order chi connectivity index (χ1) is 9.41. The smallest absolute Gasteiger partial charge is 0.311 e. The molecule has 0 spiro atoms. The number of alkyl halides is 3. The molecule has 2 rings (SSSR count). The lowest BCUT2D eigenvalue weighted by Crippen LogP contribution is -2.11. The van der Waals surface area contributed by atoms with Gasteiger partial charge in [0.25, 0.3) is 0 Å². The molecule has 0 unspecified atom stereocenters. The molecule has 0 aliphatic heterocycles. The minimum absolute atomic E-state index is 0.0196. The Morgan fingerprint density at radius 2 is 2.05 bits per heavy atom. The maximum absolute atomic E-state index is 12.8. The van der Waals surface area contributed by atoms with Crippen molar-refractivity contribution in [2.75, 3.05) is 6.54 Å². The molecule has 0 radical (unpaired) electrons. The topological polar surface area (TPSA) is 37.8 Å². The highest BCUT2D eigenvalue weighted by atomic mass is 79.9. The predicted octanol–water partition coefficient (Wildman–Crippen LogP) is 4.10. The highest BCUT2D eigenvalue weighted by Crippen LogP contribution is 2.37. The molecule has 8 heteroatoms. The highest BCUT2D eigenvalue weighted by molar-refractivity contribution is 9.10. The fourth-order valence-electron chi connectivity index (χ4n) is 1.55. The zero-order chi connectivity index (χ0) is 14.8. The van der Waals surface area contributed by atoms with Gasteiger partial charge in [0, 0.05) is 16.6 Å². The molecule has 0 fully saturated rings. The first kappa shape index (κ1) is 15.4. The Kier molecular flexibility index (Phi) is 4.77. The average molecular weight is 366 g/mol. The van der Waals surface area contributed by atoms with Crippen LogP contribution in [0.5, 0.6) is 0 Å². The Morgan fingerprint density at radius 3 is 2.70 bits per heavy atom. The van der Waals surface area contributed by atoms with Gasteiger partial charge in [0.2, 0.25) is 0 Å². The van der Waals surface area contributed by atoms with Crippen molar-refractivity contribution in [3.63, 3.8) is 0 Å². The van der Waals surface area contributed by atoms with Crippen molar-refractivity contribution < 1.29 is 13.2 Å². The molecule has 0 atom stereocenters. The van der Waals surface area contributed by atoms with E-state index in [0.717, 1.165) is 17.6 Å². The summed E-state index contributed by atoms with van der Waals surface area (Å²) in [6, 6.07) is 4.06. The number of hydrogen-bond acceptors (Lipinski definition) is 4. The summed E-state index contributed by atoms with van der Waals surface area (Å²) >= 11 is 4.20. The molecule has 0 aliphatic rings. The Balaban J connectivity index is 2.31. The zero-order valence-corrected chi connectivity index (χ0v) is 12.9. The second-order valence-electron chi connectivity index (χ2n) is 3.97. The van der Waals surface area contributed by atoms with Gasteiger partial charge in [-0.3, -0.25) is 0 Å². The van der Waals surface area contributed by atoms with E-state index in [2.05, 4.69) is 31.4 Å². The maximum Gasteiger partial charge on any atom is 0.417 e. The third-order valence-corrected chi connectivity index (χ3v) is 4.18. The van der Waals surface area contributed by atoms with Gasteiger partial charge in [-0.2, -0.15) is 13.2 Å². The molecule has 1 aromatic heterocycles. The van der Waals surface area contributed by atoms with E-state index in [1.165, 1.54) is 17.4 Å². The number of aromatic nitrogens is 2. The Morgan fingerprint density at radius 1 is 1.30 bits per heavy atom. The van der Waals surface area contributed by atoms with E-state index in [-0.39, 0.29) is 4.47 Å². The molecule has 108 valence electrons. The molecular weight excluding hydrogens is 355 g/mol. The highest BCUT2D eigenvalue weighted by Gasteiger charge is 2.33. The van der Waals surface area contributed by atoms with E-state index >= 15 is 0 Å². The molecule has 0 aliphatic carbocycles. The Hall–Kier alpha value is -0.990. The predicted molar refractivity (Wildman–Crippen MR) is 75.4 cm³/mol. The molecule has 0 bridgehead atoms. The van der Waals surface area contributed by atoms with Crippen LogP contribution in [-0.2, 0) is 12.7 Å². The summed E-state index contributed by atoms with van der Waals surface area (Å²) in [7, 11) is 0. The molecule has 3 nitrogen and oxygen atoms in total. The van der Waals surface area contributed by atoms with Crippen molar-refractivity contribution in [1.29, 1.82) is 0 Å². The number of rotatable bonds is 4. The number of halogens is 4. The van der Waals surface area contributed by atoms with Crippen molar-refractivity contribution in [2.45, 2.75) is 19.6 Å². The van der Waals surface area contributed by atoms with Crippen LogP contribution in [0.2, 0.25) is 0 Å². The first-order valence-electron chi connectivity index (χ1n) is 5.82. The van der Waals surface area contributed by atoms with Crippen LogP contribution in [0.3, 0.4) is 0 Å². The van der Waals surface area contributed by atoms with E-state index in [9.17, 15) is 13.2 Å². The van der Waals surface area contributed by atoms with Crippen LogP contribution >= 0.6 is 27.3 Å². The number of nitrogens with zero attached hydrogens (tertiary/aromatic N) is 2. The summed E-state index contributed by atoms with van der Waals surface area (Å²) in [5.74, 6) is 0. The van der Waals surface area contributed by atoms with Crippen LogP contribution in [0, 0.1) is 0 Å². The number of nitrogens with one attached hydrogen (secondary N) is 1. The van der Waals surface area contributed by atoms with E-state index in [1.54, 1.807) is 6.07 Å². The van der Waals surface area contributed by atoms with E-state index in [1.807, 2.05) is 6.92 Å². The van der Waals surface area contributed by atoms with Gasteiger partial charge in [-0.1, -0.05) is 40.3 Å². The standard InChI is InChI=1S/C12H11BrF3N3S/c1-2-17-6-10-18-19-11(20-10)7-3-4-9(13)8(5-7)12(14,15)16/h3-5,17H,2,6H2,1H3. The first-order valence-corrected chi connectivity index (χ1v) is 7.43. The van der Waals surface area contributed by atoms with Gasteiger partial charge in [-0.05, 0) is 18.7 Å². The summed E-state index contributed by atoms with van der Waals surface area (Å²) in [5.41, 5.74) is -0.292. The number of hydrogen-bond donors (Lipinski definition) is 1. The summed E-state index contributed by atoms with van der Waals surface area (Å²) in [6.45, 7) is 3.33. The van der Waals surface area contributed by atoms with Crippen LogP contribution < -0.4 is 5.32 Å². The lowest BCUT2D eigenvalue weighted by Gasteiger charge is -2.09. The van der Waals surface area contributed by atoms with Gasteiger partial charge in [0.15, 0.2) is 0 Å². The molecule has 0 saturated carbocycles. The van der Waals surface area contributed by atoms with Gasteiger partial charge in [0.05, 0.1) is 5.56 Å². The van der Waals surface area contributed by atoms with Crippen LogP contribution in [-0.4, -0.2) is 16.7 Å². The molecular formula is C12H11BrF3N3S. The molecule has 1 heterocycles. The van der Waals surface area contributed by atoms with Crippen molar-refractivity contribution in [2.24, 2.45) is 0 Å². The van der Waals surface area contributed by atoms with Gasteiger partial charge in [-0.15, -0.1) is 10.2 Å². The van der Waals surface area contributed by atoms with Crippen LogP contribution in [0.1, 0.15) is 17.5 Å². The molecule has 20 heavy (non-hydrogen) atoms. The fourth-order valence-corrected chi connectivity index (χ4v) is 2.83. The van der Waals surface area contributed by atoms with E-state index < -0.39 is 11.7 Å². The van der Waals surface area contributed by atoms with Crippen molar-refractivity contribution >= 4 is 27.3 Å². The molecule has 1 N–H and O–H groups in total. The minimum atomic E-state index is -4.40. The van der Waals surface area contributed by atoms with Crippen molar-refractivity contribution in [3.8, 4) is 10.6 Å². The zero-order valence-electron chi connectivity index (χ0n) is 10.5. The molecule has 0 saturated heterocycles. The van der Waals surface area contributed by atoms with Gasteiger partial charge >= 0.3 is 6.18 Å². The SMILES string of the molecule is CCNCc1nnc(-c2ccc(Br)c(C(F)(F)F)c2)s1. The lowest BCUT2D eigenvalue weighted by atomic mass is 10.1. The fraction of sp³-hybridized carbons (Fsp3) is 0.333. The largest absolute Gasteiger partial charge is 0.417 e. The molecule has 0 amide bonds.